The predicted octanol–water partition coefficient (Wildman–Crippen LogP) is 4.62. The molecular formula is C21H33ClN2O2. The van der Waals surface area contributed by atoms with Gasteiger partial charge in [-0.1, -0.05) is 51.9 Å². The van der Waals surface area contributed by atoms with Crippen molar-refractivity contribution in [1.29, 1.82) is 0 Å². The predicted molar refractivity (Wildman–Crippen MR) is 108 cm³/mol. The molecule has 4 nitrogen and oxygen atoms in total. The summed E-state index contributed by atoms with van der Waals surface area (Å²) in [4.78, 5) is 26.6. The number of nitrogens with zero attached hydrogens (tertiary/aromatic N) is 1. The molecule has 1 aliphatic heterocycles. The second-order valence-electron chi connectivity index (χ2n) is 7.28. The summed E-state index contributed by atoms with van der Waals surface area (Å²) in [5, 5.41) is 3.65. The molecule has 1 aromatic rings. The molecule has 1 atom stereocenters. The number of carbonyl (C=O) groups excluding carboxylic acids is 2. The van der Waals surface area contributed by atoms with Crippen molar-refractivity contribution >= 4 is 23.4 Å². The molecule has 0 bridgehead atoms. The molecule has 0 aliphatic carbocycles. The van der Waals surface area contributed by atoms with Crippen LogP contribution < -0.4 is 5.32 Å². The van der Waals surface area contributed by atoms with Crippen LogP contribution in [0.1, 0.15) is 65.4 Å². The van der Waals surface area contributed by atoms with E-state index in [0.717, 1.165) is 31.0 Å². The monoisotopic (exact) mass is 380 g/mol. The van der Waals surface area contributed by atoms with Crippen molar-refractivity contribution in [2.75, 3.05) is 13.1 Å². The molecular weight excluding hydrogens is 348 g/mol. The number of nitrogens with one attached hydrogen (secondary N) is 1. The zero-order chi connectivity index (χ0) is 18.4. The number of hydrogen-bond donors (Lipinski definition) is 1. The first-order valence-corrected chi connectivity index (χ1v) is 9.62. The van der Waals surface area contributed by atoms with Crippen LogP contribution in [0.2, 0.25) is 5.02 Å². The Balaban J connectivity index is 0.00000338. The second kappa shape index (κ2) is 10.6. The summed E-state index contributed by atoms with van der Waals surface area (Å²) in [6.07, 6.45) is 2.98. The van der Waals surface area contributed by atoms with E-state index in [2.05, 4.69) is 17.4 Å². The Morgan fingerprint density at radius 2 is 1.77 bits per heavy atom. The molecule has 0 radical (unpaired) electrons. The molecule has 2 amide bonds. The van der Waals surface area contributed by atoms with E-state index in [-0.39, 0.29) is 19.2 Å². The first kappa shape index (κ1) is 22.5. The average molecular weight is 381 g/mol. The third-order valence-corrected chi connectivity index (χ3v) is 5.04. The van der Waals surface area contributed by atoms with Gasteiger partial charge in [0.25, 0.3) is 0 Å². The molecule has 2 rings (SSSR count). The lowest BCUT2D eigenvalue weighted by Gasteiger charge is -2.34. The number of piperidine rings is 1. The van der Waals surface area contributed by atoms with Gasteiger partial charge in [-0.3, -0.25) is 9.59 Å². The van der Waals surface area contributed by atoms with Crippen LogP contribution in [-0.2, 0) is 9.59 Å². The summed E-state index contributed by atoms with van der Waals surface area (Å²) < 4.78 is 0. The number of rotatable bonds is 6. The lowest BCUT2D eigenvalue weighted by atomic mass is 9.89. The van der Waals surface area contributed by atoms with E-state index in [1.807, 2.05) is 37.8 Å². The standard InChI is InChI=1S/C20H29ClN2O2.CH4/c1-4-18(22-19(24)13-14(2)3)20(25)23-11-9-16(10-12-23)15-5-7-17(21)8-6-15;/h5-8,14,16,18H,4,9-13H2,1-3H3,(H,22,24);1H4/t18-;/m1./s1. The Hall–Kier alpha value is -1.55. The van der Waals surface area contributed by atoms with Crippen LogP contribution in [0.25, 0.3) is 0 Å². The highest BCUT2D eigenvalue weighted by atomic mass is 35.5. The summed E-state index contributed by atoms with van der Waals surface area (Å²) in [7, 11) is 0. The van der Waals surface area contributed by atoms with Gasteiger partial charge in [0.1, 0.15) is 6.04 Å². The van der Waals surface area contributed by atoms with E-state index in [9.17, 15) is 9.59 Å². The van der Waals surface area contributed by atoms with Gasteiger partial charge in [-0.05, 0) is 48.8 Å². The van der Waals surface area contributed by atoms with Crippen molar-refractivity contribution < 1.29 is 9.59 Å². The van der Waals surface area contributed by atoms with E-state index in [1.165, 1.54) is 5.56 Å². The fraction of sp³-hybridized carbons (Fsp3) is 0.619. The van der Waals surface area contributed by atoms with E-state index in [0.29, 0.717) is 24.7 Å². The highest BCUT2D eigenvalue weighted by molar-refractivity contribution is 6.30. The number of amides is 2. The topological polar surface area (TPSA) is 49.4 Å². The number of carbonyl (C=O) groups is 2. The van der Waals surface area contributed by atoms with E-state index < -0.39 is 6.04 Å². The Kier molecular flexibility index (Phi) is 9.14. The quantitative estimate of drug-likeness (QED) is 0.782. The van der Waals surface area contributed by atoms with Gasteiger partial charge in [0, 0.05) is 24.5 Å². The smallest absolute Gasteiger partial charge is 0.245 e. The van der Waals surface area contributed by atoms with Crippen LogP contribution in [0, 0.1) is 5.92 Å². The maximum absolute atomic E-state index is 12.7. The molecule has 0 saturated carbocycles. The maximum Gasteiger partial charge on any atom is 0.245 e. The third kappa shape index (κ3) is 6.31. The van der Waals surface area contributed by atoms with Crippen molar-refractivity contribution in [3.63, 3.8) is 0 Å². The molecule has 5 heteroatoms. The van der Waals surface area contributed by atoms with Crippen molar-refractivity contribution in [2.24, 2.45) is 5.92 Å². The number of halogens is 1. The highest BCUT2D eigenvalue weighted by Gasteiger charge is 2.28. The third-order valence-electron chi connectivity index (χ3n) is 4.78. The van der Waals surface area contributed by atoms with Gasteiger partial charge in [0.05, 0.1) is 0 Å². The van der Waals surface area contributed by atoms with Crippen molar-refractivity contribution in [3.05, 3.63) is 34.9 Å². The number of benzene rings is 1. The first-order chi connectivity index (χ1) is 11.9. The largest absolute Gasteiger partial charge is 0.344 e. The Morgan fingerprint density at radius 3 is 2.27 bits per heavy atom. The van der Waals surface area contributed by atoms with Gasteiger partial charge in [0.15, 0.2) is 0 Å². The van der Waals surface area contributed by atoms with Gasteiger partial charge in [-0.25, -0.2) is 0 Å². The van der Waals surface area contributed by atoms with E-state index in [1.54, 1.807) is 0 Å². The summed E-state index contributed by atoms with van der Waals surface area (Å²) >= 11 is 5.95. The van der Waals surface area contributed by atoms with Crippen LogP contribution in [0.15, 0.2) is 24.3 Å². The number of likely N-dealkylation sites (tertiary alicyclic amines) is 1. The molecule has 1 aliphatic rings. The van der Waals surface area contributed by atoms with Crippen molar-refractivity contribution in [3.8, 4) is 0 Å². The van der Waals surface area contributed by atoms with Crippen molar-refractivity contribution in [2.45, 2.75) is 65.8 Å². The minimum absolute atomic E-state index is 0. The van der Waals surface area contributed by atoms with E-state index in [4.69, 9.17) is 11.6 Å². The highest BCUT2D eigenvalue weighted by Crippen LogP contribution is 2.29. The molecule has 1 heterocycles. The van der Waals surface area contributed by atoms with Gasteiger partial charge in [0.2, 0.25) is 11.8 Å². The first-order valence-electron chi connectivity index (χ1n) is 9.24. The number of hydrogen-bond acceptors (Lipinski definition) is 2. The fourth-order valence-corrected chi connectivity index (χ4v) is 3.48. The molecule has 26 heavy (non-hydrogen) atoms. The van der Waals surface area contributed by atoms with Crippen LogP contribution in [0.5, 0.6) is 0 Å². The Morgan fingerprint density at radius 1 is 1.19 bits per heavy atom. The lowest BCUT2D eigenvalue weighted by Crippen LogP contribution is -2.50. The minimum atomic E-state index is -0.404. The second-order valence-corrected chi connectivity index (χ2v) is 7.71. The molecule has 0 spiro atoms. The lowest BCUT2D eigenvalue weighted by molar-refractivity contribution is -0.137. The van der Waals surface area contributed by atoms with Crippen LogP contribution in [-0.4, -0.2) is 35.8 Å². The molecule has 1 aromatic carbocycles. The Bertz CT molecular complexity index is 578. The van der Waals surface area contributed by atoms with Gasteiger partial charge >= 0.3 is 0 Å². The normalized spacial score (nSPS) is 16.1. The van der Waals surface area contributed by atoms with Gasteiger partial charge < -0.3 is 10.2 Å². The molecule has 146 valence electrons. The summed E-state index contributed by atoms with van der Waals surface area (Å²) in [5.41, 5.74) is 1.29. The molecule has 1 saturated heterocycles. The molecule has 1 fully saturated rings. The molecule has 0 unspecified atom stereocenters. The van der Waals surface area contributed by atoms with Crippen LogP contribution in [0.3, 0.4) is 0 Å². The fourth-order valence-electron chi connectivity index (χ4n) is 3.35. The summed E-state index contributed by atoms with van der Waals surface area (Å²) in [6.45, 7) is 7.43. The molecule has 0 aromatic heterocycles. The SMILES string of the molecule is C.CC[C@@H](NC(=O)CC(C)C)C(=O)N1CCC(c2ccc(Cl)cc2)CC1. The van der Waals surface area contributed by atoms with Crippen molar-refractivity contribution in [1.82, 2.24) is 10.2 Å². The van der Waals surface area contributed by atoms with Gasteiger partial charge in [-0.2, -0.15) is 0 Å². The van der Waals surface area contributed by atoms with E-state index >= 15 is 0 Å². The van der Waals surface area contributed by atoms with Gasteiger partial charge in [-0.15, -0.1) is 0 Å². The zero-order valence-electron chi connectivity index (χ0n) is 15.4. The molecule has 1 N–H and O–H groups in total. The summed E-state index contributed by atoms with van der Waals surface area (Å²) in [6, 6.07) is 7.59. The average Bonchev–Trinajstić information content (AvgIpc) is 2.59. The zero-order valence-corrected chi connectivity index (χ0v) is 16.2. The minimum Gasteiger partial charge on any atom is -0.344 e. The van der Waals surface area contributed by atoms with Crippen LogP contribution in [0.4, 0.5) is 0 Å². The maximum atomic E-state index is 12.7. The van der Waals surface area contributed by atoms with Crippen LogP contribution >= 0.6 is 11.6 Å². The Labute approximate surface area is 163 Å². The summed E-state index contributed by atoms with van der Waals surface area (Å²) in [5.74, 6) is 0.778.